The number of halogens is 1. The van der Waals surface area contributed by atoms with E-state index in [2.05, 4.69) is 72.9 Å². The van der Waals surface area contributed by atoms with Crippen LogP contribution in [0.15, 0.2) is 24.3 Å². The first-order chi connectivity index (χ1) is 8.44. The minimum absolute atomic E-state index is 0.236. The summed E-state index contributed by atoms with van der Waals surface area (Å²) in [5.74, 6) is 0. The van der Waals surface area contributed by atoms with Gasteiger partial charge in [-0.15, -0.1) is 0 Å². The van der Waals surface area contributed by atoms with E-state index in [4.69, 9.17) is 5.11 Å². The molecule has 0 aliphatic heterocycles. The topological polar surface area (TPSA) is 32.3 Å². The van der Waals surface area contributed by atoms with Gasteiger partial charge in [-0.25, -0.2) is 0 Å². The highest BCUT2D eigenvalue weighted by molar-refractivity contribution is 14.1. The van der Waals surface area contributed by atoms with Crippen LogP contribution in [-0.2, 0) is 0 Å². The van der Waals surface area contributed by atoms with Crippen molar-refractivity contribution in [3.8, 4) is 0 Å². The summed E-state index contributed by atoms with van der Waals surface area (Å²) < 4.78 is 1.27. The number of aliphatic hydroxyl groups is 1. The normalized spacial score (nSPS) is 13.6. The number of rotatable bonds is 7. The molecule has 0 fully saturated rings. The third-order valence-corrected chi connectivity index (χ3v) is 3.99. The van der Waals surface area contributed by atoms with E-state index >= 15 is 0 Å². The van der Waals surface area contributed by atoms with Crippen LogP contribution in [0.5, 0.6) is 0 Å². The molecule has 1 aromatic carbocycles. The van der Waals surface area contributed by atoms with Gasteiger partial charge >= 0.3 is 0 Å². The zero-order chi connectivity index (χ0) is 13.6. The van der Waals surface area contributed by atoms with Crippen molar-refractivity contribution in [1.82, 2.24) is 5.32 Å². The van der Waals surface area contributed by atoms with E-state index < -0.39 is 0 Å². The highest BCUT2D eigenvalue weighted by atomic mass is 127. The van der Waals surface area contributed by atoms with Crippen molar-refractivity contribution in [2.75, 3.05) is 13.2 Å². The zero-order valence-electron chi connectivity index (χ0n) is 11.5. The lowest BCUT2D eigenvalue weighted by Crippen LogP contribution is -2.31. The molecule has 0 spiro atoms. The molecule has 18 heavy (non-hydrogen) atoms. The highest BCUT2D eigenvalue weighted by Gasteiger charge is 2.18. The second-order valence-electron chi connectivity index (χ2n) is 5.65. The summed E-state index contributed by atoms with van der Waals surface area (Å²) in [7, 11) is 0. The van der Waals surface area contributed by atoms with Gasteiger partial charge in [0.25, 0.3) is 0 Å². The van der Waals surface area contributed by atoms with Crippen molar-refractivity contribution in [2.24, 2.45) is 5.41 Å². The number of aliphatic hydroxyl groups excluding tert-OH is 1. The average molecular weight is 361 g/mol. The molecule has 3 heteroatoms. The third-order valence-electron chi connectivity index (χ3n) is 3.27. The predicted molar refractivity (Wildman–Crippen MR) is 85.7 cm³/mol. The van der Waals surface area contributed by atoms with Crippen LogP contribution in [0, 0.1) is 8.99 Å². The van der Waals surface area contributed by atoms with E-state index in [1.54, 1.807) is 0 Å². The summed E-state index contributed by atoms with van der Waals surface area (Å²) in [6.07, 6.45) is 1.93. The molecule has 1 aromatic rings. The van der Waals surface area contributed by atoms with E-state index in [-0.39, 0.29) is 12.0 Å². The fourth-order valence-electron chi connectivity index (χ4n) is 1.94. The molecule has 2 N–H and O–H groups in total. The first-order valence-corrected chi connectivity index (χ1v) is 7.62. The van der Waals surface area contributed by atoms with Crippen LogP contribution in [0.4, 0.5) is 0 Å². The Morgan fingerprint density at radius 1 is 1.28 bits per heavy atom. The van der Waals surface area contributed by atoms with E-state index in [0.717, 1.165) is 19.4 Å². The molecule has 1 unspecified atom stereocenters. The maximum absolute atomic E-state index is 8.89. The SMILES string of the molecule is CC(NCC(C)(C)CCCO)c1ccc(I)cc1. The van der Waals surface area contributed by atoms with Gasteiger partial charge in [-0.05, 0) is 65.5 Å². The number of nitrogens with one attached hydrogen (secondary N) is 1. The van der Waals surface area contributed by atoms with Crippen molar-refractivity contribution < 1.29 is 5.11 Å². The first kappa shape index (κ1) is 15.9. The van der Waals surface area contributed by atoms with Gasteiger partial charge in [0.15, 0.2) is 0 Å². The molecular weight excluding hydrogens is 337 g/mol. The molecule has 0 saturated carbocycles. The van der Waals surface area contributed by atoms with Crippen molar-refractivity contribution in [2.45, 2.75) is 39.7 Å². The van der Waals surface area contributed by atoms with Crippen LogP contribution in [-0.4, -0.2) is 18.3 Å². The van der Waals surface area contributed by atoms with Gasteiger partial charge in [0.1, 0.15) is 0 Å². The van der Waals surface area contributed by atoms with E-state index in [1.807, 2.05) is 0 Å². The largest absolute Gasteiger partial charge is 0.396 e. The molecule has 0 aromatic heterocycles. The van der Waals surface area contributed by atoms with Gasteiger partial charge in [-0.2, -0.15) is 0 Å². The Hall–Kier alpha value is -0.130. The molecule has 0 aliphatic rings. The van der Waals surface area contributed by atoms with Gasteiger partial charge in [-0.3, -0.25) is 0 Å². The Kier molecular flexibility index (Phi) is 6.60. The molecule has 0 amide bonds. The van der Waals surface area contributed by atoms with Crippen LogP contribution >= 0.6 is 22.6 Å². The molecule has 0 heterocycles. The summed E-state index contributed by atoms with van der Waals surface area (Å²) in [6.45, 7) is 7.95. The maximum atomic E-state index is 8.89. The Labute approximate surface area is 124 Å². The molecule has 1 rings (SSSR count). The fourth-order valence-corrected chi connectivity index (χ4v) is 2.30. The monoisotopic (exact) mass is 361 g/mol. The lowest BCUT2D eigenvalue weighted by molar-refractivity contribution is 0.233. The maximum Gasteiger partial charge on any atom is 0.0431 e. The van der Waals surface area contributed by atoms with Crippen molar-refractivity contribution in [1.29, 1.82) is 0 Å². The summed E-state index contributed by atoms with van der Waals surface area (Å²) in [6, 6.07) is 9.02. The van der Waals surface area contributed by atoms with Gasteiger partial charge in [0.05, 0.1) is 0 Å². The molecule has 0 saturated heterocycles. The van der Waals surface area contributed by atoms with Crippen LogP contribution in [0.3, 0.4) is 0 Å². The lowest BCUT2D eigenvalue weighted by atomic mass is 9.87. The quantitative estimate of drug-likeness (QED) is 0.726. The second kappa shape index (κ2) is 7.46. The van der Waals surface area contributed by atoms with Gasteiger partial charge in [-0.1, -0.05) is 26.0 Å². The molecule has 1 atom stereocenters. The van der Waals surface area contributed by atoms with E-state index in [0.29, 0.717) is 6.04 Å². The zero-order valence-corrected chi connectivity index (χ0v) is 13.7. The lowest BCUT2D eigenvalue weighted by Gasteiger charge is -2.27. The fraction of sp³-hybridized carbons (Fsp3) is 0.600. The van der Waals surface area contributed by atoms with E-state index in [9.17, 15) is 0 Å². The van der Waals surface area contributed by atoms with Gasteiger partial charge in [0, 0.05) is 22.8 Å². The van der Waals surface area contributed by atoms with Crippen molar-refractivity contribution >= 4 is 22.6 Å². The minimum atomic E-state index is 0.236. The van der Waals surface area contributed by atoms with Crippen molar-refractivity contribution in [3.63, 3.8) is 0 Å². The standard InChI is InChI=1S/C15H24INO/c1-12(13-5-7-14(16)8-6-13)17-11-15(2,3)9-4-10-18/h5-8,12,17-18H,4,9-11H2,1-3H3. The third kappa shape index (κ3) is 5.67. The number of hydrogen-bond acceptors (Lipinski definition) is 2. The first-order valence-electron chi connectivity index (χ1n) is 6.54. The Bertz CT molecular complexity index is 348. The Balaban J connectivity index is 2.45. The summed E-state index contributed by atoms with van der Waals surface area (Å²) >= 11 is 2.33. The Morgan fingerprint density at radius 3 is 2.44 bits per heavy atom. The van der Waals surface area contributed by atoms with Crippen LogP contribution < -0.4 is 5.32 Å². The van der Waals surface area contributed by atoms with Crippen molar-refractivity contribution in [3.05, 3.63) is 33.4 Å². The van der Waals surface area contributed by atoms with Crippen LogP contribution in [0.2, 0.25) is 0 Å². The number of hydrogen-bond donors (Lipinski definition) is 2. The highest BCUT2D eigenvalue weighted by Crippen LogP contribution is 2.23. The molecule has 0 bridgehead atoms. The molecule has 0 radical (unpaired) electrons. The van der Waals surface area contributed by atoms with Gasteiger partial charge < -0.3 is 10.4 Å². The van der Waals surface area contributed by atoms with Crippen LogP contribution in [0.1, 0.15) is 45.2 Å². The summed E-state index contributed by atoms with van der Waals surface area (Å²) in [5, 5.41) is 12.5. The average Bonchev–Trinajstić information content (AvgIpc) is 2.35. The number of benzene rings is 1. The van der Waals surface area contributed by atoms with Crippen LogP contribution in [0.25, 0.3) is 0 Å². The predicted octanol–water partition coefficient (Wildman–Crippen LogP) is 3.74. The summed E-state index contributed by atoms with van der Waals surface area (Å²) in [4.78, 5) is 0. The Morgan fingerprint density at radius 2 is 1.89 bits per heavy atom. The molecule has 2 nitrogen and oxygen atoms in total. The molecule has 0 aliphatic carbocycles. The minimum Gasteiger partial charge on any atom is -0.396 e. The molecule has 102 valence electrons. The smallest absolute Gasteiger partial charge is 0.0431 e. The van der Waals surface area contributed by atoms with Gasteiger partial charge in [0.2, 0.25) is 0 Å². The van der Waals surface area contributed by atoms with E-state index in [1.165, 1.54) is 9.13 Å². The second-order valence-corrected chi connectivity index (χ2v) is 6.89. The molecular formula is C15H24INO. The summed E-state index contributed by atoms with van der Waals surface area (Å²) in [5.41, 5.74) is 1.56.